The molecule has 2 nitrogen and oxygen atoms in total. The first-order chi connectivity index (χ1) is 6.31. The van der Waals surface area contributed by atoms with Crippen LogP contribution in [0.4, 0.5) is 0 Å². The third-order valence-corrected chi connectivity index (χ3v) is 2.12. The van der Waals surface area contributed by atoms with Crippen LogP contribution in [0, 0.1) is 0 Å². The molecule has 0 aliphatic rings. The third-order valence-electron chi connectivity index (χ3n) is 2.12. The van der Waals surface area contributed by atoms with E-state index < -0.39 is 0 Å². The van der Waals surface area contributed by atoms with Gasteiger partial charge < -0.3 is 10.2 Å². The van der Waals surface area contributed by atoms with E-state index in [2.05, 4.69) is 6.58 Å². The summed E-state index contributed by atoms with van der Waals surface area (Å²) in [7, 11) is 0. The monoisotopic (exact) mass is 173 g/mol. The summed E-state index contributed by atoms with van der Waals surface area (Å²) >= 11 is 0. The minimum absolute atomic E-state index is 0.0979. The maximum atomic E-state index is 5.81. The molecule has 0 bridgehead atoms. The Balaban J connectivity index is 2.53. The van der Waals surface area contributed by atoms with Crippen molar-refractivity contribution < 1.29 is 4.42 Å². The average molecular weight is 173 g/mol. The molecular formula is C11H11NO. The lowest BCUT2D eigenvalue weighted by molar-refractivity contribution is 0.615. The highest BCUT2D eigenvalue weighted by atomic mass is 16.3. The van der Waals surface area contributed by atoms with E-state index in [1.54, 1.807) is 12.3 Å². The number of nitrogens with two attached hydrogens (primary N) is 1. The standard InChI is InChI=1S/C11H11NO/c1-2-10(12)8-3-4-11-9(7-8)5-6-13-11/h2-7,10H,1,12H2/t10-/m1/s1. The van der Waals surface area contributed by atoms with Crippen LogP contribution in [0.15, 0.2) is 47.6 Å². The van der Waals surface area contributed by atoms with Crippen molar-refractivity contribution in [3.8, 4) is 0 Å². The van der Waals surface area contributed by atoms with Crippen LogP contribution in [0.2, 0.25) is 0 Å². The molecule has 1 aromatic carbocycles. The fourth-order valence-corrected chi connectivity index (χ4v) is 1.33. The largest absolute Gasteiger partial charge is 0.464 e. The van der Waals surface area contributed by atoms with E-state index in [0.717, 1.165) is 16.5 Å². The van der Waals surface area contributed by atoms with Crippen molar-refractivity contribution in [1.29, 1.82) is 0 Å². The molecule has 1 heterocycles. The van der Waals surface area contributed by atoms with E-state index >= 15 is 0 Å². The fraction of sp³-hybridized carbons (Fsp3) is 0.0909. The van der Waals surface area contributed by atoms with Crippen LogP contribution in [0.1, 0.15) is 11.6 Å². The number of hydrogen-bond donors (Lipinski definition) is 1. The molecule has 13 heavy (non-hydrogen) atoms. The van der Waals surface area contributed by atoms with Crippen LogP contribution < -0.4 is 5.73 Å². The molecule has 0 amide bonds. The van der Waals surface area contributed by atoms with E-state index in [1.807, 2.05) is 24.3 Å². The zero-order valence-corrected chi connectivity index (χ0v) is 7.23. The second kappa shape index (κ2) is 3.07. The molecule has 0 aliphatic carbocycles. The third kappa shape index (κ3) is 1.36. The van der Waals surface area contributed by atoms with Gasteiger partial charge in [0.25, 0.3) is 0 Å². The Kier molecular flexibility index (Phi) is 1.91. The van der Waals surface area contributed by atoms with Gasteiger partial charge in [-0.05, 0) is 23.8 Å². The van der Waals surface area contributed by atoms with Crippen molar-refractivity contribution in [2.75, 3.05) is 0 Å². The lowest BCUT2D eigenvalue weighted by Crippen LogP contribution is -2.05. The quantitative estimate of drug-likeness (QED) is 0.709. The number of benzene rings is 1. The molecule has 0 radical (unpaired) electrons. The molecule has 2 aromatic rings. The van der Waals surface area contributed by atoms with E-state index in [-0.39, 0.29) is 6.04 Å². The van der Waals surface area contributed by atoms with Gasteiger partial charge in [-0.15, -0.1) is 6.58 Å². The molecule has 2 N–H and O–H groups in total. The highest BCUT2D eigenvalue weighted by molar-refractivity contribution is 5.77. The van der Waals surface area contributed by atoms with Crippen molar-refractivity contribution in [3.63, 3.8) is 0 Å². The van der Waals surface area contributed by atoms with E-state index in [0.29, 0.717) is 0 Å². The van der Waals surface area contributed by atoms with Crippen LogP contribution in [0.5, 0.6) is 0 Å². The predicted molar refractivity (Wildman–Crippen MR) is 53.3 cm³/mol. The van der Waals surface area contributed by atoms with Gasteiger partial charge in [0.05, 0.1) is 6.26 Å². The molecule has 0 saturated carbocycles. The Bertz CT molecular complexity index is 430. The summed E-state index contributed by atoms with van der Waals surface area (Å²) in [6.07, 6.45) is 3.40. The van der Waals surface area contributed by atoms with Crippen LogP contribution in [0.3, 0.4) is 0 Å². The molecule has 2 rings (SSSR count). The van der Waals surface area contributed by atoms with Gasteiger partial charge >= 0.3 is 0 Å². The lowest BCUT2D eigenvalue weighted by Gasteiger charge is -2.05. The van der Waals surface area contributed by atoms with Crippen molar-refractivity contribution in [2.24, 2.45) is 5.73 Å². The zero-order valence-electron chi connectivity index (χ0n) is 7.23. The Hall–Kier alpha value is -1.54. The van der Waals surface area contributed by atoms with Gasteiger partial charge in [-0.25, -0.2) is 0 Å². The van der Waals surface area contributed by atoms with Crippen molar-refractivity contribution in [3.05, 3.63) is 48.7 Å². The molecule has 0 unspecified atom stereocenters. The average Bonchev–Trinajstić information content (AvgIpc) is 2.63. The first-order valence-electron chi connectivity index (χ1n) is 4.16. The minimum Gasteiger partial charge on any atom is -0.464 e. The van der Waals surface area contributed by atoms with Crippen molar-refractivity contribution >= 4 is 11.0 Å². The van der Waals surface area contributed by atoms with E-state index in [4.69, 9.17) is 10.2 Å². The maximum absolute atomic E-state index is 5.81. The van der Waals surface area contributed by atoms with Gasteiger partial charge in [0.2, 0.25) is 0 Å². The molecule has 1 atom stereocenters. The topological polar surface area (TPSA) is 39.2 Å². The van der Waals surface area contributed by atoms with Gasteiger partial charge in [0.1, 0.15) is 5.58 Å². The zero-order chi connectivity index (χ0) is 9.26. The predicted octanol–water partition coefficient (Wildman–Crippen LogP) is 2.62. The maximum Gasteiger partial charge on any atom is 0.133 e. The molecule has 1 aromatic heterocycles. The Morgan fingerprint density at radius 3 is 3.00 bits per heavy atom. The Morgan fingerprint density at radius 1 is 1.38 bits per heavy atom. The van der Waals surface area contributed by atoms with Crippen LogP contribution in [-0.2, 0) is 0 Å². The fourth-order valence-electron chi connectivity index (χ4n) is 1.33. The SMILES string of the molecule is C=C[C@@H](N)c1ccc2occc2c1. The lowest BCUT2D eigenvalue weighted by atomic mass is 10.1. The summed E-state index contributed by atoms with van der Waals surface area (Å²) in [5.41, 5.74) is 7.75. The molecule has 0 aliphatic heterocycles. The first kappa shape index (κ1) is 8.08. The minimum atomic E-state index is -0.0979. The van der Waals surface area contributed by atoms with Crippen molar-refractivity contribution in [1.82, 2.24) is 0 Å². The summed E-state index contributed by atoms with van der Waals surface area (Å²) < 4.78 is 5.22. The van der Waals surface area contributed by atoms with Crippen LogP contribution in [-0.4, -0.2) is 0 Å². The Morgan fingerprint density at radius 2 is 2.23 bits per heavy atom. The second-order valence-corrected chi connectivity index (χ2v) is 2.98. The normalized spacial score (nSPS) is 13.0. The summed E-state index contributed by atoms with van der Waals surface area (Å²) in [4.78, 5) is 0. The summed E-state index contributed by atoms with van der Waals surface area (Å²) in [5.74, 6) is 0. The van der Waals surface area contributed by atoms with E-state index in [9.17, 15) is 0 Å². The van der Waals surface area contributed by atoms with Gasteiger partial charge in [0, 0.05) is 11.4 Å². The number of hydrogen-bond acceptors (Lipinski definition) is 2. The molecule has 0 spiro atoms. The first-order valence-corrected chi connectivity index (χ1v) is 4.16. The highest BCUT2D eigenvalue weighted by Gasteiger charge is 2.03. The number of fused-ring (bicyclic) bond motifs is 1. The highest BCUT2D eigenvalue weighted by Crippen LogP contribution is 2.20. The molecule has 2 heteroatoms. The molecule has 0 fully saturated rings. The molecule has 66 valence electrons. The van der Waals surface area contributed by atoms with Crippen LogP contribution >= 0.6 is 0 Å². The Labute approximate surface area is 76.7 Å². The van der Waals surface area contributed by atoms with Crippen LogP contribution in [0.25, 0.3) is 11.0 Å². The number of furan rings is 1. The van der Waals surface area contributed by atoms with Crippen molar-refractivity contribution in [2.45, 2.75) is 6.04 Å². The summed E-state index contributed by atoms with van der Waals surface area (Å²) in [5, 5.41) is 1.08. The van der Waals surface area contributed by atoms with Gasteiger partial charge in [-0.2, -0.15) is 0 Å². The van der Waals surface area contributed by atoms with E-state index in [1.165, 1.54) is 0 Å². The van der Waals surface area contributed by atoms with Gasteiger partial charge in [-0.1, -0.05) is 12.1 Å². The number of rotatable bonds is 2. The molecular weight excluding hydrogens is 162 g/mol. The van der Waals surface area contributed by atoms with Gasteiger partial charge in [-0.3, -0.25) is 0 Å². The summed E-state index contributed by atoms with van der Waals surface area (Å²) in [6.45, 7) is 3.66. The summed E-state index contributed by atoms with van der Waals surface area (Å²) in [6, 6.07) is 7.73. The molecule has 0 saturated heterocycles. The van der Waals surface area contributed by atoms with Gasteiger partial charge in [0.15, 0.2) is 0 Å². The second-order valence-electron chi connectivity index (χ2n) is 2.98. The smallest absolute Gasteiger partial charge is 0.133 e.